The molecule has 1 aromatic rings. The van der Waals surface area contributed by atoms with E-state index in [1.54, 1.807) is 17.4 Å². The summed E-state index contributed by atoms with van der Waals surface area (Å²) in [5, 5.41) is 8.62. The predicted molar refractivity (Wildman–Crippen MR) is 80.9 cm³/mol. The van der Waals surface area contributed by atoms with Gasteiger partial charge in [-0.05, 0) is 37.6 Å². The Morgan fingerprint density at radius 1 is 1.60 bits per heavy atom. The minimum absolute atomic E-state index is 0.376. The lowest BCUT2D eigenvalue weighted by Gasteiger charge is -2.22. The zero-order chi connectivity index (χ0) is 14.4. The summed E-state index contributed by atoms with van der Waals surface area (Å²) in [6, 6.07) is 4.05. The molecule has 2 rings (SSSR count). The number of likely N-dealkylation sites (N-methyl/N-ethyl adjacent to an activating group) is 1. The monoisotopic (exact) mass is 295 g/mol. The second-order valence-electron chi connectivity index (χ2n) is 4.94. The molecule has 1 atom stereocenters. The topological polar surface area (TPSA) is 49.8 Å². The molecule has 1 aromatic heterocycles. The van der Waals surface area contributed by atoms with Gasteiger partial charge in [-0.3, -0.25) is 4.90 Å². The summed E-state index contributed by atoms with van der Waals surface area (Å²) in [5.74, 6) is -0.909. The molecule has 1 aliphatic rings. The first kappa shape index (κ1) is 15.2. The number of hydrogen-bond donors (Lipinski definition) is 1. The van der Waals surface area contributed by atoms with Gasteiger partial charge in [-0.25, -0.2) is 4.79 Å². The Morgan fingerprint density at radius 3 is 3.10 bits per heavy atom. The van der Waals surface area contributed by atoms with E-state index >= 15 is 0 Å². The highest BCUT2D eigenvalue weighted by molar-refractivity contribution is 7.12. The molecule has 2 heterocycles. The van der Waals surface area contributed by atoms with Gasteiger partial charge in [0.05, 0.1) is 6.10 Å². The van der Waals surface area contributed by atoms with E-state index < -0.39 is 5.97 Å². The van der Waals surface area contributed by atoms with Crippen molar-refractivity contribution in [3.63, 3.8) is 0 Å². The van der Waals surface area contributed by atoms with Crippen LogP contribution < -0.4 is 0 Å². The second kappa shape index (κ2) is 7.57. The maximum atomic E-state index is 10.5. The van der Waals surface area contributed by atoms with Crippen LogP contribution in [0.25, 0.3) is 6.08 Å². The van der Waals surface area contributed by atoms with Crippen LogP contribution in [0.5, 0.6) is 0 Å². The molecule has 1 unspecified atom stereocenters. The maximum absolute atomic E-state index is 10.5. The smallest absolute Gasteiger partial charge is 0.328 e. The number of nitrogens with zero attached hydrogens (tertiary/aromatic N) is 1. The summed E-state index contributed by atoms with van der Waals surface area (Å²) in [6.45, 7) is 5.94. The molecule has 0 amide bonds. The summed E-state index contributed by atoms with van der Waals surface area (Å²) >= 11 is 1.64. The van der Waals surface area contributed by atoms with Gasteiger partial charge in [0, 0.05) is 35.5 Å². The Bertz CT molecular complexity index is 463. The number of ether oxygens (including phenoxy) is 1. The van der Waals surface area contributed by atoms with Gasteiger partial charge in [0.15, 0.2) is 0 Å². The van der Waals surface area contributed by atoms with Crippen molar-refractivity contribution in [1.29, 1.82) is 0 Å². The Morgan fingerprint density at radius 2 is 2.45 bits per heavy atom. The molecule has 1 saturated heterocycles. The third kappa shape index (κ3) is 4.74. The molecule has 4 nitrogen and oxygen atoms in total. The maximum Gasteiger partial charge on any atom is 0.328 e. The van der Waals surface area contributed by atoms with Crippen LogP contribution in [0.15, 0.2) is 18.2 Å². The molecule has 1 N–H and O–H groups in total. The Labute approximate surface area is 123 Å². The van der Waals surface area contributed by atoms with E-state index in [4.69, 9.17) is 9.84 Å². The summed E-state index contributed by atoms with van der Waals surface area (Å²) in [4.78, 5) is 15.1. The average Bonchev–Trinajstić information content (AvgIpc) is 3.07. The summed E-state index contributed by atoms with van der Waals surface area (Å²) in [5.41, 5.74) is 0. The number of rotatable bonds is 7. The van der Waals surface area contributed by atoms with Crippen LogP contribution in [0.1, 0.15) is 29.5 Å². The van der Waals surface area contributed by atoms with Crippen molar-refractivity contribution < 1.29 is 14.6 Å². The van der Waals surface area contributed by atoms with Crippen molar-refractivity contribution in [3.8, 4) is 0 Å². The van der Waals surface area contributed by atoms with Gasteiger partial charge in [-0.1, -0.05) is 6.92 Å². The van der Waals surface area contributed by atoms with E-state index in [0.717, 1.165) is 37.5 Å². The van der Waals surface area contributed by atoms with Gasteiger partial charge in [0.2, 0.25) is 0 Å². The fourth-order valence-corrected chi connectivity index (χ4v) is 3.28. The van der Waals surface area contributed by atoms with Gasteiger partial charge in [-0.15, -0.1) is 11.3 Å². The van der Waals surface area contributed by atoms with Crippen LogP contribution in [-0.4, -0.2) is 41.8 Å². The van der Waals surface area contributed by atoms with Crippen molar-refractivity contribution in [2.45, 2.75) is 32.4 Å². The molecule has 1 fully saturated rings. The molecule has 110 valence electrons. The third-order valence-corrected chi connectivity index (χ3v) is 4.42. The molecule has 0 aromatic carbocycles. The zero-order valence-corrected chi connectivity index (χ0v) is 12.6. The third-order valence-electron chi connectivity index (χ3n) is 3.39. The molecule has 0 radical (unpaired) electrons. The molecule has 20 heavy (non-hydrogen) atoms. The molecule has 1 aliphatic heterocycles. The highest BCUT2D eigenvalue weighted by atomic mass is 32.1. The van der Waals surface area contributed by atoms with Crippen LogP contribution >= 0.6 is 11.3 Å². The largest absolute Gasteiger partial charge is 0.478 e. The van der Waals surface area contributed by atoms with Crippen molar-refractivity contribution in [2.24, 2.45) is 0 Å². The number of aliphatic carboxylic acids is 1. The molecular formula is C15H21NO3S. The number of thiophene rings is 1. The Kier molecular flexibility index (Phi) is 5.76. The molecule has 0 spiro atoms. The molecular weight excluding hydrogens is 274 g/mol. The van der Waals surface area contributed by atoms with Gasteiger partial charge in [0.25, 0.3) is 0 Å². The average molecular weight is 295 g/mol. The van der Waals surface area contributed by atoms with Crippen molar-refractivity contribution in [1.82, 2.24) is 4.90 Å². The summed E-state index contributed by atoms with van der Waals surface area (Å²) in [7, 11) is 0. The number of carboxylic acid groups (broad SMARTS) is 1. The normalized spacial score (nSPS) is 19.2. The molecule has 0 bridgehead atoms. The fourth-order valence-electron chi connectivity index (χ4n) is 2.32. The quantitative estimate of drug-likeness (QED) is 0.786. The van der Waals surface area contributed by atoms with Crippen molar-refractivity contribution >= 4 is 23.4 Å². The second-order valence-corrected chi connectivity index (χ2v) is 6.14. The summed E-state index contributed by atoms with van der Waals surface area (Å²) < 4.78 is 5.68. The van der Waals surface area contributed by atoms with Gasteiger partial charge < -0.3 is 9.84 Å². The van der Waals surface area contributed by atoms with E-state index in [0.29, 0.717) is 6.10 Å². The van der Waals surface area contributed by atoms with Crippen LogP contribution in [0.4, 0.5) is 0 Å². The molecule has 0 saturated carbocycles. The first-order chi connectivity index (χ1) is 9.67. The van der Waals surface area contributed by atoms with Crippen molar-refractivity contribution in [2.75, 3.05) is 19.7 Å². The number of hydrogen-bond acceptors (Lipinski definition) is 4. The fraction of sp³-hybridized carbons (Fsp3) is 0.533. The zero-order valence-electron chi connectivity index (χ0n) is 11.7. The highest BCUT2D eigenvalue weighted by Crippen LogP contribution is 2.21. The SMILES string of the molecule is CCN(Cc1ccc(C=CC(=O)O)s1)CC1CCCO1. The van der Waals surface area contributed by atoms with Crippen molar-refractivity contribution in [3.05, 3.63) is 28.0 Å². The summed E-state index contributed by atoms with van der Waals surface area (Å²) in [6.07, 6.45) is 5.53. The predicted octanol–water partition coefficient (Wildman–Crippen LogP) is 2.85. The van der Waals surface area contributed by atoms with E-state index in [-0.39, 0.29) is 0 Å². The molecule has 0 aliphatic carbocycles. The minimum Gasteiger partial charge on any atom is -0.478 e. The first-order valence-electron chi connectivity index (χ1n) is 7.01. The van der Waals surface area contributed by atoms with E-state index in [1.165, 1.54) is 17.4 Å². The van der Waals surface area contributed by atoms with Gasteiger partial charge >= 0.3 is 5.97 Å². The van der Waals surface area contributed by atoms with Crippen LogP contribution in [-0.2, 0) is 16.1 Å². The van der Waals surface area contributed by atoms with Crippen LogP contribution in [0.3, 0.4) is 0 Å². The minimum atomic E-state index is -0.909. The van der Waals surface area contributed by atoms with Gasteiger partial charge in [0.1, 0.15) is 0 Å². The van der Waals surface area contributed by atoms with E-state index in [2.05, 4.69) is 17.9 Å². The van der Waals surface area contributed by atoms with Crippen LogP contribution in [0, 0.1) is 0 Å². The lowest BCUT2D eigenvalue weighted by Crippen LogP contribution is -2.31. The Hall–Kier alpha value is -1.17. The number of carbonyl (C=O) groups is 1. The van der Waals surface area contributed by atoms with Crippen LogP contribution in [0.2, 0.25) is 0 Å². The highest BCUT2D eigenvalue weighted by Gasteiger charge is 2.18. The standard InChI is InChI=1S/C15H21NO3S/c1-2-16(10-12-4-3-9-19-12)11-14-6-5-13(20-14)7-8-15(17)18/h5-8,12H,2-4,9-11H2,1H3,(H,17,18). The Balaban J connectivity index is 1.88. The number of carboxylic acids is 1. The first-order valence-corrected chi connectivity index (χ1v) is 7.82. The van der Waals surface area contributed by atoms with E-state index in [1.807, 2.05) is 6.07 Å². The lowest BCUT2D eigenvalue weighted by atomic mass is 10.2. The lowest BCUT2D eigenvalue weighted by molar-refractivity contribution is -0.131. The van der Waals surface area contributed by atoms with E-state index in [9.17, 15) is 4.79 Å². The van der Waals surface area contributed by atoms with Gasteiger partial charge in [-0.2, -0.15) is 0 Å². The molecule has 5 heteroatoms.